The van der Waals surface area contributed by atoms with Gasteiger partial charge in [0.1, 0.15) is 11.5 Å². The molecule has 4 rings (SSSR count). The van der Waals surface area contributed by atoms with Crippen LogP contribution in [-0.4, -0.2) is 50.9 Å². The van der Waals surface area contributed by atoms with Gasteiger partial charge < -0.3 is 10.2 Å². The van der Waals surface area contributed by atoms with Crippen LogP contribution >= 0.6 is 0 Å². The number of piperidine rings is 1. The Kier molecular flexibility index (Phi) is 5.23. The molecule has 1 aliphatic heterocycles. The summed E-state index contributed by atoms with van der Waals surface area (Å²) in [6, 6.07) is 11.2. The van der Waals surface area contributed by atoms with E-state index in [1.54, 1.807) is 24.7 Å². The molecule has 1 saturated heterocycles. The minimum absolute atomic E-state index is 0.0271. The first-order valence-electron chi connectivity index (χ1n) is 9.42. The quantitative estimate of drug-likeness (QED) is 0.756. The number of amides is 1. The van der Waals surface area contributed by atoms with E-state index in [1.807, 2.05) is 42.3 Å². The molecule has 3 aromatic heterocycles. The van der Waals surface area contributed by atoms with Gasteiger partial charge in [0.15, 0.2) is 5.82 Å². The van der Waals surface area contributed by atoms with Crippen molar-refractivity contribution < 1.29 is 4.79 Å². The molecule has 7 nitrogen and oxygen atoms in total. The van der Waals surface area contributed by atoms with Crippen LogP contribution in [0.3, 0.4) is 0 Å². The molecule has 1 atom stereocenters. The third kappa shape index (κ3) is 3.83. The average molecular weight is 374 g/mol. The highest BCUT2D eigenvalue weighted by Gasteiger charge is 2.27. The van der Waals surface area contributed by atoms with E-state index in [4.69, 9.17) is 4.98 Å². The van der Waals surface area contributed by atoms with Crippen LogP contribution in [0, 0.1) is 0 Å². The number of anilines is 1. The van der Waals surface area contributed by atoms with Gasteiger partial charge in [0.05, 0.1) is 5.69 Å². The van der Waals surface area contributed by atoms with Crippen molar-refractivity contribution in [1.29, 1.82) is 0 Å². The van der Waals surface area contributed by atoms with E-state index in [2.05, 4.69) is 20.3 Å². The average Bonchev–Trinajstić information content (AvgIpc) is 2.79. The molecule has 1 amide bonds. The van der Waals surface area contributed by atoms with Crippen LogP contribution in [-0.2, 0) is 0 Å². The summed E-state index contributed by atoms with van der Waals surface area (Å²) < 4.78 is 0. The van der Waals surface area contributed by atoms with Crippen molar-refractivity contribution in [1.82, 2.24) is 24.8 Å². The molecule has 0 aromatic carbocycles. The van der Waals surface area contributed by atoms with Gasteiger partial charge in [0, 0.05) is 56.3 Å². The number of nitrogens with zero attached hydrogens (tertiary/aromatic N) is 5. The predicted molar refractivity (Wildman–Crippen MR) is 107 cm³/mol. The van der Waals surface area contributed by atoms with Crippen LogP contribution in [0.1, 0.15) is 34.9 Å². The maximum absolute atomic E-state index is 12.8. The van der Waals surface area contributed by atoms with Gasteiger partial charge in [-0.15, -0.1) is 0 Å². The fraction of sp³-hybridized carbons (Fsp3) is 0.286. The van der Waals surface area contributed by atoms with Crippen molar-refractivity contribution in [2.75, 3.05) is 25.5 Å². The molecule has 0 spiro atoms. The summed E-state index contributed by atoms with van der Waals surface area (Å²) in [4.78, 5) is 32.4. The molecule has 4 heterocycles. The van der Waals surface area contributed by atoms with Gasteiger partial charge in [-0.3, -0.25) is 14.8 Å². The Balaban J connectivity index is 1.60. The zero-order chi connectivity index (χ0) is 19.3. The second-order valence-corrected chi connectivity index (χ2v) is 6.80. The van der Waals surface area contributed by atoms with Crippen molar-refractivity contribution in [2.24, 2.45) is 0 Å². The molecule has 142 valence electrons. The molecule has 1 N–H and O–H groups in total. The highest BCUT2D eigenvalue weighted by atomic mass is 16.2. The lowest BCUT2D eigenvalue weighted by Gasteiger charge is -2.32. The van der Waals surface area contributed by atoms with Gasteiger partial charge in [-0.05, 0) is 37.1 Å². The Hall–Kier alpha value is -3.35. The monoisotopic (exact) mass is 374 g/mol. The fourth-order valence-corrected chi connectivity index (χ4v) is 3.48. The lowest BCUT2D eigenvalue weighted by molar-refractivity contribution is 0.0700. The fourth-order valence-electron chi connectivity index (χ4n) is 3.48. The smallest absolute Gasteiger partial charge is 0.272 e. The first kappa shape index (κ1) is 18.0. The summed E-state index contributed by atoms with van der Waals surface area (Å²) in [5, 5.41) is 3.11. The lowest BCUT2D eigenvalue weighted by atomic mass is 9.94. The second-order valence-electron chi connectivity index (χ2n) is 6.80. The minimum Gasteiger partial charge on any atom is -0.373 e. The number of carbonyl (C=O) groups is 1. The molecule has 1 aliphatic rings. The standard InChI is InChI=1S/C21H22N6O/c1-22-19-12-18(25-20(26-19)15-6-4-9-23-13-15)16-7-5-11-27(14-16)21(28)17-8-2-3-10-24-17/h2-4,6,8-10,12-13,16H,5,7,11,14H2,1H3,(H,22,25,26)/t16-/m0/s1. The molecule has 0 aliphatic carbocycles. The highest BCUT2D eigenvalue weighted by molar-refractivity contribution is 5.92. The highest BCUT2D eigenvalue weighted by Crippen LogP contribution is 2.29. The number of aromatic nitrogens is 4. The zero-order valence-corrected chi connectivity index (χ0v) is 15.7. The maximum Gasteiger partial charge on any atom is 0.272 e. The molecule has 7 heteroatoms. The Morgan fingerprint density at radius 2 is 2.11 bits per heavy atom. The number of hydrogen-bond donors (Lipinski definition) is 1. The topological polar surface area (TPSA) is 83.9 Å². The van der Waals surface area contributed by atoms with Crippen molar-refractivity contribution >= 4 is 11.7 Å². The van der Waals surface area contributed by atoms with Crippen LogP contribution in [0.5, 0.6) is 0 Å². The molecule has 0 unspecified atom stereocenters. The first-order valence-corrected chi connectivity index (χ1v) is 9.42. The van der Waals surface area contributed by atoms with Gasteiger partial charge in [-0.2, -0.15) is 0 Å². The Morgan fingerprint density at radius 1 is 1.18 bits per heavy atom. The summed E-state index contributed by atoms with van der Waals surface area (Å²) in [5.74, 6) is 1.53. The maximum atomic E-state index is 12.8. The third-order valence-electron chi connectivity index (χ3n) is 4.93. The number of nitrogens with one attached hydrogen (secondary N) is 1. The lowest BCUT2D eigenvalue weighted by Crippen LogP contribution is -2.39. The summed E-state index contributed by atoms with van der Waals surface area (Å²) in [7, 11) is 1.84. The van der Waals surface area contributed by atoms with E-state index in [-0.39, 0.29) is 11.8 Å². The number of hydrogen-bond acceptors (Lipinski definition) is 6. The number of likely N-dealkylation sites (tertiary alicyclic amines) is 1. The number of rotatable bonds is 4. The van der Waals surface area contributed by atoms with Crippen LogP contribution in [0.2, 0.25) is 0 Å². The molecular weight excluding hydrogens is 352 g/mol. The second kappa shape index (κ2) is 8.12. The van der Waals surface area contributed by atoms with Crippen molar-refractivity contribution in [3.8, 4) is 11.4 Å². The van der Waals surface area contributed by atoms with E-state index < -0.39 is 0 Å². The first-order chi connectivity index (χ1) is 13.7. The molecule has 0 radical (unpaired) electrons. The van der Waals surface area contributed by atoms with Crippen molar-refractivity contribution in [3.05, 3.63) is 66.4 Å². The largest absolute Gasteiger partial charge is 0.373 e. The zero-order valence-electron chi connectivity index (χ0n) is 15.7. The molecule has 3 aromatic rings. The van der Waals surface area contributed by atoms with Crippen molar-refractivity contribution in [3.63, 3.8) is 0 Å². The van der Waals surface area contributed by atoms with Crippen LogP contribution in [0.15, 0.2) is 55.0 Å². The summed E-state index contributed by atoms with van der Waals surface area (Å²) in [5.41, 5.74) is 2.30. The van der Waals surface area contributed by atoms with Crippen LogP contribution in [0.4, 0.5) is 5.82 Å². The Bertz CT molecular complexity index is 948. The van der Waals surface area contributed by atoms with Gasteiger partial charge in [-0.25, -0.2) is 9.97 Å². The van der Waals surface area contributed by atoms with E-state index in [1.165, 1.54) is 0 Å². The minimum atomic E-state index is -0.0271. The Morgan fingerprint density at radius 3 is 2.86 bits per heavy atom. The van der Waals surface area contributed by atoms with E-state index in [0.717, 1.165) is 36.5 Å². The van der Waals surface area contributed by atoms with Gasteiger partial charge in [-0.1, -0.05) is 6.07 Å². The van der Waals surface area contributed by atoms with Crippen molar-refractivity contribution in [2.45, 2.75) is 18.8 Å². The normalized spacial score (nSPS) is 16.6. The van der Waals surface area contributed by atoms with Gasteiger partial charge in [0.25, 0.3) is 5.91 Å². The van der Waals surface area contributed by atoms with E-state index >= 15 is 0 Å². The molecule has 28 heavy (non-hydrogen) atoms. The van der Waals surface area contributed by atoms with Gasteiger partial charge >= 0.3 is 0 Å². The molecule has 0 saturated carbocycles. The van der Waals surface area contributed by atoms with E-state index in [0.29, 0.717) is 18.1 Å². The van der Waals surface area contributed by atoms with Gasteiger partial charge in [0.2, 0.25) is 0 Å². The third-order valence-corrected chi connectivity index (χ3v) is 4.93. The Labute approximate surface area is 163 Å². The summed E-state index contributed by atoms with van der Waals surface area (Å²) >= 11 is 0. The predicted octanol–water partition coefficient (Wildman–Crippen LogP) is 3.00. The number of carbonyl (C=O) groups excluding carboxylic acids is 1. The molecule has 1 fully saturated rings. The molecular formula is C21H22N6O. The SMILES string of the molecule is CNc1cc([C@H]2CCCN(C(=O)c3ccccn3)C2)nc(-c2cccnc2)n1. The number of pyridine rings is 2. The summed E-state index contributed by atoms with van der Waals surface area (Å²) in [6.07, 6.45) is 7.06. The van der Waals surface area contributed by atoms with E-state index in [9.17, 15) is 4.79 Å². The van der Waals surface area contributed by atoms with Crippen LogP contribution in [0.25, 0.3) is 11.4 Å². The van der Waals surface area contributed by atoms with Crippen LogP contribution < -0.4 is 5.32 Å². The summed E-state index contributed by atoms with van der Waals surface area (Å²) in [6.45, 7) is 1.37. The molecule has 0 bridgehead atoms.